The van der Waals surface area contributed by atoms with Crippen molar-refractivity contribution in [1.29, 1.82) is 0 Å². The minimum absolute atomic E-state index is 0.0965. The molecule has 1 heterocycles. The number of methoxy groups -OCH3 is 1. The van der Waals surface area contributed by atoms with Gasteiger partial charge in [-0.2, -0.15) is 0 Å². The van der Waals surface area contributed by atoms with Crippen LogP contribution < -0.4 is 14.4 Å². The Bertz CT molecular complexity index is 1100. The van der Waals surface area contributed by atoms with E-state index in [1.165, 1.54) is 12.0 Å². The molecule has 6 atom stereocenters. The number of amides is 2. The van der Waals surface area contributed by atoms with Crippen molar-refractivity contribution in [3.8, 4) is 11.5 Å². The van der Waals surface area contributed by atoms with Gasteiger partial charge in [-0.3, -0.25) is 14.5 Å². The molecule has 2 aromatic carbocycles. The van der Waals surface area contributed by atoms with E-state index in [1.807, 2.05) is 0 Å². The molecule has 5 aliphatic rings. The van der Waals surface area contributed by atoms with Crippen LogP contribution in [0.5, 0.6) is 11.5 Å². The molecule has 3 fully saturated rings. The lowest BCUT2D eigenvalue weighted by molar-refractivity contribution is -0.124. The van der Waals surface area contributed by atoms with Crippen LogP contribution in [0.4, 0.5) is 5.69 Å². The molecule has 2 amide bonds. The first kappa shape index (κ1) is 18.4. The topological polar surface area (TPSA) is 72.9 Å². The first-order valence-electron chi connectivity index (χ1n) is 10.6. The Labute approximate surface area is 179 Å². The van der Waals surface area contributed by atoms with Crippen LogP contribution in [0.3, 0.4) is 0 Å². The minimum Gasteiger partial charge on any atom is -0.497 e. The normalized spacial score (nSPS) is 32.0. The number of carbonyl (C=O) groups is 3. The Hall–Kier alpha value is -3.41. The second-order valence-electron chi connectivity index (χ2n) is 8.78. The third-order valence-corrected chi connectivity index (χ3v) is 7.27. The molecule has 0 N–H and O–H groups in total. The number of hydrogen-bond donors (Lipinski definition) is 0. The molecule has 1 saturated heterocycles. The molecular formula is C25H21NO5. The fraction of sp³-hybridized carbons (Fsp3) is 0.320. The molecule has 31 heavy (non-hydrogen) atoms. The molecule has 0 spiro atoms. The zero-order valence-electron chi connectivity index (χ0n) is 16.9. The SMILES string of the molecule is COc1cccc(C(=O)Oc2ccc(N3C(=O)[C@@H]4[C@@H]5C=C[C@H]([C@H]6C[C@H]56)[C@@H]4C3=O)cc2)c1. The van der Waals surface area contributed by atoms with Gasteiger partial charge in [0.1, 0.15) is 11.5 Å². The Balaban J connectivity index is 1.21. The van der Waals surface area contributed by atoms with Gasteiger partial charge < -0.3 is 9.47 Å². The van der Waals surface area contributed by atoms with Crippen molar-refractivity contribution < 1.29 is 23.9 Å². The Morgan fingerprint density at radius 3 is 2.16 bits per heavy atom. The summed E-state index contributed by atoms with van der Waals surface area (Å²) < 4.78 is 10.6. The van der Waals surface area contributed by atoms with Crippen LogP contribution in [-0.4, -0.2) is 24.9 Å². The van der Waals surface area contributed by atoms with Gasteiger partial charge in [0.25, 0.3) is 0 Å². The standard InChI is InChI=1S/C25H21NO5/c1-30-16-4-2-3-13(11-16)25(29)31-15-7-5-14(6-8-15)26-23(27)21-17-9-10-18(20-12-19(17)20)22(21)24(26)28/h2-11,17-22H,12H2,1H3/t17-,18-,19-,20-,21-,22+/m1/s1. The summed E-state index contributed by atoms with van der Waals surface area (Å²) in [4.78, 5) is 40.1. The van der Waals surface area contributed by atoms with Crippen LogP contribution in [0.1, 0.15) is 16.8 Å². The maximum atomic E-state index is 13.2. The molecule has 0 radical (unpaired) electrons. The second-order valence-corrected chi connectivity index (χ2v) is 8.78. The summed E-state index contributed by atoms with van der Waals surface area (Å²) in [5.41, 5.74) is 0.901. The predicted octanol–water partition coefficient (Wildman–Crippen LogP) is 3.47. The first-order valence-corrected chi connectivity index (χ1v) is 10.6. The number of benzene rings is 2. The van der Waals surface area contributed by atoms with Crippen LogP contribution in [0.15, 0.2) is 60.7 Å². The molecule has 0 aromatic heterocycles. The van der Waals surface area contributed by atoms with E-state index in [4.69, 9.17) is 9.47 Å². The lowest BCUT2D eigenvalue weighted by Gasteiger charge is -2.37. The molecule has 0 unspecified atom stereocenters. The molecule has 2 aromatic rings. The number of allylic oxidation sites excluding steroid dienone is 2. The largest absolute Gasteiger partial charge is 0.497 e. The smallest absolute Gasteiger partial charge is 0.343 e. The maximum absolute atomic E-state index is 13.2. The third kappa shape index (κ3) is 2.67. The van der Waals surface area contributed by atoms with Gasteiger partial charge in [-0.15, -0.1) is 0 Å². The van der Waals surface area contributed by atoms with Gasteiger partial charge in [-0.05, 0) is 72.6 Å². The Kier molecular flexibility index (Phi) is 3.88. The fourth-order valence-corrected chi connectivity index (χ4v) is 5.79. The maximum Gasteiger partial charge on any atom is 0.343 e. The van der Waals surface area contributed by atoms with Gasteiger partial charge in [0, 0.05) is 0 Å². The van der Waals surface area contributed by atoms with Crippen molar-refractivity contribution in [2.75, 3.05) is 12.0 Å². The molecule has 6 heteroatoms. The van der Waals surface area contributed by atoms with E-state index in [1.54, 1.807) is 48.5 Å². The van der Waals surface area contributed by atoms with Gasteiger partial charge in [-0.25, -0.2) is 4.79 Å². The molecule has 7 rings (SSSR count). The summed E-state index contributed by atoms with van der Waals surface area (Å²) in [6, 6.07) is 13.3. The average Bonchev–Trinajstić information content (AvgIpc) is 3.58. The number of esters is 1. The van der Waals surface area contributed by atoms with Crippen LogP contribution >= 0.6 is 0 Å². The van der Waals surface area contributed by atoms with Crippen molar-refractivity contribution in [3.63, 3.8) is 0 Å². The number of nitrogens with zero attached hydrogens (tertiary/aromatic N) is 1. The third-order valence-electron chi connectivity index (χ3n) is 7.27. The molecular weight excluding hydrogens is 394 g/mol. The second kappa shape index (κ2) is 6.54. The lowest BCUT2D eigenvalue weighted by Crippen LogP contribution is -2.40. The number of ether oxygens (including phenoxy) is 2. The van der Waals surface area contributed by atoms with Crippen molar-refractivity contribution in [2.45, 2.75) is 6.42 Å². The Morgan fingerprint density at radius 1 is 0.903 bits per heavy atom. The van der Waals surface area contributed by atoms with E-state index in [9.17, 15) is 14.4 Å². The zero-order chi connectivity index (χ0) is 21.3. The van der Waals surface area contributed by atoms with Crippen molar-refractivity contribution in [2.24, 2.45) is 35.5 Å². The van der Waals surface area contributed by atoms with Crippen LogP contribution in [0.25, 0.3) is 0 Å². The number of carbonyl (C=O) groups excluding carboxylic acids is 3. The van der Waals surface area contributed by atoms with Crippen LogP contribution in [0.2, 0.25) is 0 Å². The highest BCUT2D eigenvalue weighted by molar-refractivity contribution is 6.22. The van der Waals surface area contributed by atoms with Gasteiger partial charge in [-0.1, -0.05) is 18.2 Å². The average molecular weight is 415 g/mol. The van der Waals surface area contributed by atoms with Gasteiger partial charge in [0.15, 0.2) is 0 Å². The molecule has 6 nitrogen and oxygen atoms in total. The monoisotopic (exact) mass is 415 g/mol. The van der Waals surface area contributed by atoms with E-state index in [2.05, 4.69) is 12.2 Å². The molecule has 4 aliphatic carbocycles. The summed E-state index contributed by atoms with van der Waals surface area (Å²) in [7, 11) is 1.53. The number of rotatable bonds is 4. The van der Waals surface area contributed by atoms with Crippen molar-refractivity contribution in [3.05, 3.63) is 66.2 Å². The van der Waals surface area contributed by atoms with Crippen LogP contribution in [-0.2, 0) is 9.59 Å². The minimum atomic E-state index is -0.507. The Morgan fingerprint density at radius 2 is 1.55 bits per heavy atom. The van der Waals surface area contributed by atoms with E-state index >= 15 is 0 Å². The van der Waals surface area contributed by atoms with Gasteiger partial charge in [0.05, 0.1) is 30.2 Å². The molecule has 1 aliphatic heterocycles. The van der Waals surface area contributed by atoms with E-state index in [0.29, 0.717) is 34.6 Å². The number of hydrogen-bond acceptors (Lipinski definition) is 5. The van der Waals surface area contributed by atoms with Crippen LogP contribution in [0, 0.1) is 35.5 Å². The highest BCUT2D eigenvalue weighted by Gasteiger charge is 2.67. The van der Waals surface area contributed by atoms with E-state index in [-0.39, 0.29) is 35.5 Å². The highest BCUT2D eigenvalue weighted by Crippen LogP contribution is 2.65. The van der Waals surface area contributed by atoms with Crippen molar-refractivity contribution in [1.82, 2.24) is 0 Å². The fourth-order valence-electron chi connectivity index (χ4n) is 5.79. The van der Waals surface area contributed by atoms with E-state index < -0.39 is 5.97 Å². The first-order chi connectivity index (χ1) is 15.1. The summed E-state index contributed by atoms with van der Waals surface area (Å²) in [5.74, 6) is 1.31. The molecule has 2 saturated carbocycles. The quantitative estimate of drug-likeness (QED) is 0.331. The highest BCUT2D eigenvalue weighted by atomic mass is 16.5. The van der Waals surface area contributed by atoms with Gasteiger partial charge >= 0.3 is 5.97 Å². The summed E-state index contributed by atoms with van der Waals surface area (Å²) in [6.07, 6.45) is 5.47. The molecule has 156 valence electrons. The molecule has 2 bridgehead atoms. The lowest BCUT2D eigenvalue weighted by atomic mass is 9.63. The zero-order valence-corrected chi connectivity index (χ0v) is 16.9. The van der Waals surface area contributed by atoms with Crippen molar-refractivity contribution >= 4 is 23.5 Å². The van der Waals surface area contributed by atoms with Gasteiger partial charge in [0.2, 0.25) is 11.8 Å². The summed E-state index contributed by atoms with van der Waals surface area (Å²) in [6.45, 7) is 0. The van der Waals surface area contributed by atoms with E-state index in [0.717, 1.165) is 6.42 Å². The predicted molar refractivity (Wildman–Crippen MR) is 112 cm³/mol. The number of anilines is 1. The summed E-state index contributed by atoms with van der Waals surface area (Å²) in [5, 5.41) is 0. The summed E-state index contributed by atoms with van der Waals surface area (Å²) >= 11 is 0. The number of imide groups is 1.